The number of benzene rings is 2. The van der Waals surface area contributed by atoms with Crippen molar-refractivity contribution in [2.24, 2.45) is 7.05 Å². The summed E-state index contributed by atoms with van der Waals surface area (Å²) >= 11 is 0. The highest BCUT2D eigenvalue weighted by Gasteiger charge is 2.20. The van der Waals surface area contributed by atoms with Gasteiger partial charge in [-0.1, -0.05) is 6.07 Å². The number of aryl methyl sites for hydroxylation is 2. The Kier molecular flexibility index (Phi) is 4.25. The number of ether oxygens (including phenoxy) is 1. The standard InChI is InChI=1S/C22H17FN6O2/c1-12-16(11-28(2)25-12)19-10-15(22(30)31-3)20-17(24-19)7-8-18-21(20)27-29(26-18)14-6-4-5-13(23)9-14/h4-11H,1-3H3. The lowest BCUT2D eigenvalue weighted by Gasteiger charge is -2.08. The Morgan fingerprint density at radius 2 is 1.87 bits per heavy atom. The van der Waals surface area contributed by atoms with Gasteiger partial charge in [0.1, 0.15) is 16.9 Å². The Hall–Kier alpha value is -4.14. The van der Waals surface area contributed by atoms with Crippen LogP contribution in [0.25, 0.3) is 38.9 Å². The molecule has 0 saturated carbocycles. The van der Waals surface area contributed by atoms with Gasteiger partial charge in [0.15, 0.2) is 0 Å². The number of esters is 1. The van der Waals surface area contributed by atoms with Crippen LogP contribution in [0, 0.1) is 12.7 Å². The molecule has 5 aromatic rings. The molecule has 0 spiro atoms. The van der Waals surface area contributed by atoms with E-state index in [1.807, 2.05) is 20.2 Å². The summed E-state index contributed by atoms with van der Waals surface area (Å²) in [6.45, 7) is 1.88. The number of fused-ring (bicyclic) bond motifs is 3. The number of hydrogen-bond acceptors (Lipinski definition) is 6. The van der Waals surface area contributed by atoms with Gasteiger partial charge in [-0.15, -0.1) is 10.2 Å². The second-order valence-corrected chi connectivity index (χ2v) is 7.15. The summed E-state index contributed by atoms with van der Waals surface area (Å²) < 4.78 is 20.4. The predicted molar refractivity (Wildman–Crippen MR) is 112 cm³/mol. The van der Waals surface area contributed by atoms with E-state index in [1.54, 1.807) is 35.0 Å². The van der Waals surface area contributed by atoms with E-state index in [1.165, 1.54) is 24.0 Å². The van der Waals surface area contributed by atoms with Crippen molar-refractivity contribution in [3.05, 3.63) is 65.7 Å². The van der Waals surface area contributed by atoms with Crippen LogP contribution in [0.2, 0.25) is 0 Å². The second-order valence-electron chi connectivity index (χ2n) is 7.15. The average molecular weight is 416 g/mol. The van der Waals surface area contributed by atoms with Crippen molar-refractivity contribution in [3.8, 4) is 16.9 Å². The summed E-state index contributed by atoms with van der Waals surface area (Å²) in [5.41, 5.74) is 4.61. The van der Waals surface area contributed by atoms with Crippen molar-refractivity contribution in [1.29, 1.82) is 0 Å². The van der Waals surface area contributed by atoms with Crippen LogP contribution in [0.4, 0.5) is 4.39 Å². The van der Waals surface area contributed by atoms with Crippen LogP contribution in [0.15, 0.2) is 48.7 Å². The number of halogens is 1. The van der Waals surface area contributed by atoms with Gasteiger partial charge in [-0.3, -0.25) is 4.68 Å². The molecule has 9 heteroatoms. The van der Waals surface area contributed by atoms with Crippen molar-refractivity contribution in [1.82, 2.24) is 29.8 Å². The highest BCUT2D eigenvalue weighted by Crippen LogP contribution is 2.31. The number of rotatable bonds is 3. The smallest absolute Gasteiger partial charge is 0.338 e. The number of carbonyl (C=O) groups is 1. The highest BCUT2D eigenvalue weighted by atomic mass is 19.1. The van der Waals surface area contributed by atoms with Gasteiger partial charge in [-0.25, -0.2) is 14.2 Å². The predicted octanol–water partition coefficient (Wildman–Crippen LogP) is 3.60. The molecular formula is C22H17FN6O2. The van der Waals surface area contributed by atoms with E-state index in [-0.39, 0.29) is 0 Å². The molecule has 8 nitrogen and oxygen atoms in total. The topological polar surface area (TPSA) is 87.7 Å². The number of methoxy groups -OCH3 is 1. The van der Waals surface area contributed by atoms with Crippen molar-refractivity contribution in [2.75, 3.05) is 7.11 Å². The number of carbonyl (C=O) groups excluding carboxylic acids is 1. The van der Waals surface area contributed by atoms with Gasteiger partial charge < -0.3 is 4.74 Å². The maximum absolute atomic E-state index is 13.7. The maximum atomic E-state index is 13.7. The largest absolute Gasteiger partial charge is 0.465 e. The van der Waals surface area contributed by atoms with E-state index in [4.69, 9.17) is 9.72 Å². The molecular weight excluding hydrogens is 399 g/mol. The van der Waals surface area contributed by atoms with E-state index in [2.05, 4.69) is 15.3 Å². The third-order valence-electron chi connectivity index (χ3n) is 5.06. The molecule has 0 aliphatic rings. The van der Waals surface area contributed by atoms with Crippen LogP contribution in [0.5, 0.6) is 0 Å². The molecule has 0 aliphatic heterocycles. The number of aromatic nitrogens is 6. The molecule has 0 fully saturated rings. The van der Waals surface area contributed by atoms with Gasteiger partial charge in [0.25, 0.3) is 0 Å². The molecule has 2 aromatic carbocycles. The van der Waals surface area contributed by atoms with Crippen molar-refractivity contribution < 1.29 is 13.9 Å². The Morgan fingerprint density at radius 1 is 1.06 bits per heavy atom. The molecule has 3 aromatic heterocycles. The van der Waals surface area contributed by atoms with Crippen LogP contribution in [0.3, 0.4) is 0 Å². The van der Waals surface area contributed by atoms with Crippen LogP contribution >= 0.6 is 0 Å². The second kappa shape index (κ2) is 6.98. The van der Waals surface area contributed by atoms with Crippen molar-refractivity contribution in [3.63, 3.8) is 0 Å². The van der Waals surface area contributed by atoms with E-state index in [0.29, 0.717) is 38.9 Å². The minimum atomic E-state index is -0.511. The Bertz CT molecular complexity index is 1490. The fourth-order valence-corrected chi connectivity index (χ4v) is 3.68. The molecule has 0 unspecified atom stereocenters. The average Bonchev–Trinajstić information content (AvgIpc) is 3.35. The number of pyridine rings is 1. The van der Waals surface area contributed by atoms with Gasteiger partial charge in [0, 0.05) is 30.3 Å². The SMILES string of the molecule is COC(=O)c1cc(-c2cn(C)nc2C)nc2ccc3nn(-c4cccc(F)c4)nc3c12. The fourth-order valence-electron chi connectivity index (χ4n) is 3.68. The molecule has 0 bridgehead atoms. The van der Waals surface area contributed by atoms with Gasteiger partial charge in [-0.05, 0) is 37.3 Å². The third-order valence-corrected chi connectivity index (χ3v) is 5.06. The van der Waals surface area contributed by atoms with E-state index in [0.717, 1.165) is 11.3 Å². The van der Waals surface area contributed by atoms with Crippen LogP contribution in [0.1, 0.15) is 16.1 Å². The molecule has 0 amide bonds. The monoisotopic (exact) mass is 416 g/mol. The molecule has 0 saturated heterocycles. The lowest BCUT2D eigenvalue weighted by Crippen LogP contribution is -2.04. The summed E-state index contributed by atoms with van der Waals surface area (Å²) in [6, 6.07) is 11.2. The summed E-state index contributed by atoms with van der Waals surface area (Å²) in [5, 5.41) is 13.9. The summed E-state index contributed by atoms with van der Waals surface area (Å²) in [5.74, 6) is -0.903. The molecule has 0 N–H and O–H groups in total. The first-order valence-corrected chi connectivity index (χ1v) is 9.50. The van der Waals surface area contributed by atoms with Crippen molar-refractivity contribution >= 4 is 27.9 Å². The van der Waals surface area contributed by atoms with Crippen LogP contribution in [-0.4, -0.2) is 42.8 Å². The molecule has 0 radical (unpaired) electrons. The Balaban J connectivity index is 1.80. The Morgan fingerprint density at radius 3 is 2.58 bits per heavy atom. The summed E-state index contributed by atoms with van der Waals surface area (Å²) in [7, 11) is 3.15. The minimum Gasteiger partial charge on any atom is -0.465 e. The first kappa shape index (κ1) is 18.9. The molecule has 3 heterocycles. The zero-order valence-electron chi connectivity index (χ0n) is 17.0. The molecule has 31 heavy (non-hydrogen) atoms. The quantitative estimate of drug-likeness (QED) is 0.418. The zero-order valence-corrected chi connectivity index (χ0v) is 17.0. The Labute approximate surface area is 175 Å². The van der Waals surface area contributed by atoms with E-state index in [9.17, 15) is 9.18 Å². The molecule has 0 atom stereocenters. The van der Waals surface area contributed by atoms with Gasteiger partial charge in [0.2, 0.25) is 0 Å². The highest BCUT2D eigenvalue weighted by molar-refractivity contribution is 6.14. The lowest BCUT2D eigenvalue weighted by atomic mass is 10.0. The first-order chi connectivity index (χ1) is 14.9. The summed E-state index contributed by atoms with van der Waals surface area (Å²) in [4.78, 5) is 18.8. The zero-order chi connectivity index (χ0) is 21.7. The summed E-state index contributed by atoms with van der Waals surface area (Å²) in [6.07, 6.45) is 1.85. The normalized spacial score (nSPS) is 11.4. The van der Waals surface area contributed by atoms with Gasteiger partial charge >= 0.3 is 5.97 Å². The third kappa shape index (κ3) is 3.10. The van der Waals surface area contributed by atoms with Crippen LogP contribution < -0.4 is 0 Å². The first-order valence-electron chi connectivity index (χ1n) is 9.50. The lowest BCUT2D eigenvalue weighted by molar-refractivity contribution is 0.0603. The fraction of sp³-hybridized carbons (Fsp3) is 0.136. The molecule has 5 rings (SSSR count). The molecule has 0 aliphatic carbocycles. The van der Waals surface area contributed by atoms with Gasteiger partial charge in [0.05, 0.1) is 35.3 Å². The van der Waals surface area contributed by atoms with Crippen LogP contribution in [-0.2, 0) is 11.8 Å². The van der Waals surface area contributed by atoms with Gasteiger partial charge in [-0.2, -0.15) is 9.90 Å². The number of nitrogens with zero attached hydrogens (tertiary/aromatic N) is 6. The van der Waals surface area contributed by atoms with Crippen molar-refractivity contribution in [2.45, 2.75) is 6.92 Å². The minimum absolute atomic E-state index is 0.322. The number of hydrogen-bond donors (Lipinski definition) is 0. The van der Waals surface area contributed by atoms with E-state index < -0.39 is 11.8 Å². The molecule has 154 valence electrons. The van der Waals surface area contributed by atoms with E-state index >= 15 is 0 Å². The maximum Gasteiger partial charge on any atom is 0.338 e.